The minimum absolute atomic E-state index is 0.0771. The van der Waals surface area contributed by atoms with E-state index in [-0.39, 0.29) is 16.5 Å². The fourth-order valence-electron chi connectivity index (χ4n) is 2.85. The molecule has 2 aromatic rings. The Balaban J connectivity index is 2.19. The molecule has 2 N–H and O–H groups in total. The number of aromatic carboxylic acids is 1. The first-order valence-corrected chi connectivity index (χ1v) is 9.42. The highest BCUT2D eigenvalue weighted by atomic mass is 32.2. The van der Waals surface area contributed by atoms with Crippen molar-refractivity contribution in [3.63, 3.8) is 0 Å². The summed E-state index contributed by atoms with van der Waals surface area (Å²) in [5.74, 6) is -0.499. The molecule has 0 atom stereocenters. The van der Waals surface area contributed by atoms with Gasteiger partial charge >= 0.3 is 5.97 Å². The lowest BCUT2D eigenvalue weighted by Crippen LogP contribution is -2.30. The Kier molecular flexibility index (Phi) is 4.53. The van der Waals surface area contributed by atoms with Crippen LogP contribution >= 0.6 is 0 Å². The first kappa shape index (κ1) is 17.4. The lowest BCUT2D eigenvalue weighted by atomic mass is 9.99. The van der Waals surface area contributed by atoms with Crippen molar-refractivity contribution < 1.29 is 23.1 Å². The van der Waals surface area contributed by atoms with Crippen LogP contribution in [0.2, 0.25) is 0 Å². The van der Waals surface area contributed by atoms with Crippen LogP contribution in [0.3, 0.4) is 0 Å². The van der Waals surface area contributed by atoms with E-state index in [4.69, 9.17) is 4.74 Å². The second-order valence-electron chi connectivity index (χ2n) is 6.22. The Morgan fingerprint density at radius 2 is 2.00 bits per heavy atom. The van der Waals surface area contributed by atoms with Crippen LogP contribution in [-0.4, -0.2) is 32.1 Å². The molecule has 0 bridgehead atoms. The predicted molar refractivity (Wildman–Crippen MR) is 93.5 cm³/mol. The van der Waals surface area contributed by atoms with E-state index in [1.807, 2.05) is 12.1 Å². The molecule has 0 spiro atoms. The fourth-order valence-corrected chi connectivity index (χ4v) is 4.17. The second kappa shape index (κ2) is 6.50. The molecule has 0 radical (unpaired) electrons. The molecule has 0 saturated carbocycles. The molecular formula is C18H19NO5S. The summed E-state index contributed by atoms with van der Waals surface area (Å²) in [5.41, 5.74) is 2.14. The van der Waals surface area contributed by atoms with Gasteiger partial charge in [0.15, 0.2) is 0 Å². The third kappa shape index (κ3) is 3.52. The molecule has 0 saturated heterocycles. The molecule has 2 aromatic carbocycles. The van der Waals surface area contributed by atoms with Gasteiger partial charge in [0, 0.05) is 18.0 Å². The van der Waals surface area contributed by atoms with Gasteiger partial charge in [0.2, 0.25) is 10.0 Å². The van der Waals surface area contributed by atoms with Gasteiger partial charge in [-0.2, -0.15) is 0 Å². The molecule has 1 heterocycles. The Hall–Kier alpha value is -2.38. The van der Waals surface area contributed by atoms with Crippen molar-refractivity contribution in [1.82, 2.24) is 4.72 Å². The smallest absolute Gasteiger partial charge is 0.335 e. The van der Waals surface area contributed by atoms with Crippen molar-refractivity contribution in [3.8, 4) is 16.9 Å². The van der Waals surface area contributed by atoms with Gasteiger partial charge in [-0.25, -0.2) is 17.9 Å². The maximum atomic E-state index is 12.5. The first-order chi connectivity index (χ1) is 11.8. The molecule has 0 unspecified atom stereocenters. The summed E-state index contributed by atoms with van der Waals surface area (Å²) in [7, 11) is -3.81. The summed E-state index contributed by atoms with van der Waals surface area (Å²) in [6.45, 7) is 3.97. The summed E-state index contributed by atoms with van der Waals surface area (Å²) >= 11 is 0. The number of hydrogen-bond acceptors (Lipinski definition) is 4. The number of para-hydroxylation sites is 1. The summed E-state index contributed by atoms with van der Waals surface area (Å²) in [5, 5.41) is 9.38. The number of hydrogen-bond donors (Lipinski definition) is 2. The van der Waals surface area contributed by atoms with Crippen LogP contribution < -0.4 is 9.46 Å². The van der Waals surface area contributed by atoms with E-state index < -0.39 is 16.0 Å². The molecular weight excluding hydrogens is 342 g/mol. The third-order valence-corrected chi connectivity index (χ3v) is 5.52. The normalized spacial score (nSPS) is 13.6. The molecule has 6 nitrogen and oxygen atoms in total. The zero-order valence-electron chi connectivity index (χ0n) is 13.9. The van der Waals surface area contributed by atoms with Gasteiger partial charge in [-0.15, -0.1) is 0 Å². The average molecular weight is 361 g/mol. The van der Waals surface area contributed by atoms with Crippen molar-refractivity contribution in [3.05, 3.63) is 47.5 Å². The molecule has 1 aliphatic rings. The standard InChI is InChI=1S/C18H19NO5S/c1-11(2)19-25(22,23)15-9-13(8-14(10-15)18(20)21)16-5-3-4-12-6-7-24-17(12)16/h3-5,8-11,19H,6-7H2,1-2H3,(H,20,21). The van der Waals surface area contributed by atoms with Crippen LogP contribution in [0.15, 0.2) is 41.3 Å². The van der Waals surface area contributed by atoms with Crippen LogP contribution in [0, 0.1) is 0 Å². The zero-order chi connectivity index (χ0) is 18.2. The van der Waals surface area contributed by atoms with E-state index in [0.29, 0.717) is 23.5 Å². The van der Waals surface area contributed by atoms with Gasteiger partial charge in [-0.05, 0) is 43.2 Å². The minimum atomic E-state index is -3.81. The Morgan fingerprint density at radius 3 is 2.68 bits per heavy atom. The van der Waals surface area contributed by atoms with Crippen LogP contribution in [0.25, 0.3) is 11.1 Å². The highest BCUT2D eigenvalue weighted by Gasteiger charge is 2.22. The maximum Gasteiger partial charge on any atom is 0.335 e. The molecule has 3 rings (SSSR count). The fraction of sp³-hybridized carbons (Fsp3) is 0.278. The van der Waals surface area contributed by atoms with Gasteiger partial charge in [0.25, 0.3) is 0 Å². The summed E-state index contributed by atoms with van der Waals surface area (Å²) in [6, 6.07) is 9.42. The highest BCUT2D eigenvalue weighted by molar-refractivity contribution is 7.89. The quantitative estimate of drug-likeness (QED) is 0.854. The van der Waals surface area contributed by atoms with Crippen LogP contribution in [-0.2, 0) is 16.4 Å². The number of benzene rings is 2. The topological polar surface area (TPSA) is 92.7 Å². The Morgan fingerprint density at radius 1 is 1.24 bits per heavy atom. The van der Waals surface area contributed by atoms with E-state index >= 15 is 0 Å². The van der Waals surface area contributed by atoms with E-state index in [1.54, 1.807) is 19.9 Å². The SMILES string of the molecule is CC(C)NS(=O)(=O)c1cc(C(=O)O)cc(-c2cccc3c2OCC3)c1. The van der Waals surface area contributed by atoms with Crippen molar-refractivity contribution >= 4 is 16.0 Å². The molecule has 0 amide bonds. The van der Waals surface area contributed by atoms with Crippen molar-refractivity contribution in [1.29, 1.82) is 0 Å². The van der Waals surface area contributed by atoms with Crippen LogP contribution in [0.1, 0.15) is 29.8 Å². The third-order valence-electron chi connectivity index (χ3n) is 3.88. The lowest BCUT2D eigenvalue weighted by Gasteiger charge is -2.13. The number of carboxylic acids is 1. The van der Waals surface area contributed by atoms with Crippen LogP contribution in [0.5, 0.6) is 5.75 Å². The van der Waals surface area contributed by atoms with Crippen molar-refractivity contribution in [2.45, 2.75) is 31.2 Å². The Bertz CT molecular complexity index is 934. The van der Waals surface area contributed by atoms with E-state index in [0.717, 1.165) is 12.0 Å². The molecule has 7 heteroatoms. The van der Waals surface area contributed by atoms with Gasteiger partial charge in [-0.1, -0.05) is 18.2 Å². The molecule has 1 aliphatic heterocycles. The summed E-state index contributed by atoms with van der Waals surface area (Å²) < 4.78 is 33.1. The van der Waals surface area contributed by atoms with Gasteiger partial charge in [0.1, 0.15) is 5.75 Å². The number of carbonyl (C=O) groups is 1. The predicted octanol–water partition coefficient (Wildman–Crippen LogP) is 2.67. The highest BCUT2D eigenvalue weighted by Crippen LogP contribution is 2.37. The van der Waals surface area contributed by atoms with Gasteiger partial charge in [-0.3, -0.25) is 0 Å². The minimum Gasteiger partial charge on any atom is -0.492 e. The zero-order valence-corrected chi connectivity index (χ0v) is 14.8. The van der Waals surface area contributed by atoms with Gasteiger partial charge < -0.3 is 9.84 Å². The Labute approximate surface area is 146 Å². The van der Waals surface area contributed by atoms with Crippen molar-refractivity contribution in [2.75, 3.05) is 6.61 Å². The molecule has 0 aromatic heterocycles. The number of nitrogens with one attached hydrogen (secondary N) is 1. The maximum absolute atomic E-state index is 12.5. The molecule has 0 fully saturated rings. The number of carboxylic acid groups (broad SMARTS) is 1. The number of sulfonamides is 1. The van der Waals surface area contributed by atoms with Gasteiger partial charge in [0.05, 0.1) is 17.1 Å². The van der Waals surface area contributed by atoms with E-state index in [2.05, 4.69) is 4.72 Å². The van der Waals surface area contributed by atoms with E-state index in [1.165, 1.54) is 18.2 Å². The molecule has 0 aliphatic carbocycles. The largest absolute Gasteiger partial charge is 0.492 e. The summed E-state index contributed by atoms with van der Waals surface area (Å²) in [4.78, 5) is 11.4. The van der Waals surface area contributed by atoms with Crippen molar-refractivity contribution in [2.24, 2.45) is 0 Å². The second-order valence-corrected chi connectivity index (χ2v) is 7.93. The average Bonchev–Trinajstić information content (AvgIpc) is 3.01. The monoisotopic (exact) mass is 361 g/mol. The number of rotatable bonds is 5. The molecule has 25 heavy (non-hydrogen) atoms. The lowest BCUT2D eigenvalue weighted by molar-refractivity contribution is 0.0696. The number of fused-ring (bicyclic) bond motifs is 1. The molecule has 132 valence electrons. The number of ether oxygens (including phenoxy) is 1. The first-order valence-electron chi connectivity index (χ1n) is 7.94. The summed E-state index contributed by atoms with van der Waals surface area (Å²) in [6.07, 6.45) is 0.780. The van der Waals surface area contributed by atoms with E-state index in [9.17, 15) is 18.3 Å². The van der Waals surface area contributed by atoms with Crippen LogP contribution in [0.4, 0.5) is 0 Å².